The highest BCUT2D eigenvalue weighted by molar-refractivity contribution is 14.0. The minimum atomic E-state index is -3.46. The first kappa shape index (κ1) is 29.1. The molecule has 0 saturated carbocycles. The summed E-state index contributed by atoms with van der Waals surface area (Å²) in [6.07, 6.45) is 3.17. The maximum atomic E-state index is 12.5. The van der Waals surface area contributed by atoms with Crippen molar-refractivity contribution >= 4 is 40.0 Å². The Morgan fingerprint density at radius 3 is 2.30 bits per heavy atom. The van der Waals surface area contributed by atoms with E-state index in [1.165, 1.54) is 4.31 Å². The van der Waals surface area contributed by atoms with Crippen LogP contribution in [-0.2, 0) is 21.3 Å². The number of guanidine groups is 1. The molecule has 0 aliphatic carbocycles. The zero-order valence-corrected chi connectivity index (χ0v) is 22.1. The highest BCUT2D eigenvalue weighted by atomic mass is 127. The highest BCUT2D eigenvalue weighted by Crippen LogP contribution is 2.17. The Labute approximate surface area is 200 Å². The maximum Gasteiger partial charge on any atom is 0.243 e. The van der Waals surface area contributed by atoms with Crippen LogP contribution in [0.25, 0.3) is 0 Å². The molecule has 0 unspecified atom stereocenters. The van der Waals surface area contributed by atoms with Gasteiger partial charge in [-0.05, 0) is 51.3 Å². The van der Waals surface area contributed by atoms with Gasteiger partial charge in [-0.15, -0.1) is 24.0 Å². The molecule has 2 N–H and O–H groups in total. The van der Waals surface area contributed by atoms with Gasteiger partial charge in [0.1, 0.15) is 0 Å². The first-order chi connectivity index (χ1) is 13.8. The predicted molar refractivity (Wildman–Crippen MR) is 135 cm³/mol. The molecule has 0 radical (unpaired) electrons. The lowest BCUT2D eigenvalue weighted by Crippen LogP contribution is -2.38. The number of rotatable bonds is 13. The molecule has 0 aliphatic heterocycles. The Bertz CT molecular complexity index is 709. The molecule has 0 amide bonds. The second kappa shape index (κ2) is 15.8. The lowest BCUT2D eigenvalue weighted by atomic mass is 10.2. The van der Waals surface area contributed by atoms with Crippen molar-refractivity contribution < 1.29 is 13.2 Å². The lowest BCUT2D eigenvalue weighted by Gasteiger charge is -2.21. The van der Waals surface area contributed by atoms with Crippen LogP contribution in [0.4, 0.5) is 0 Å². The van der Waals surface area contributed by atoms with Crippen LogP contribution in [0.15, 0.2) is 34.2 Å². The van der Waals surface area contributed by atoms with Gasteiger partial charge in [-0.1, -0.05) is 25.5 Å². The molecule has 0 atom stereocenters. The van der Waals surface area contributed by atoms with Crippen molar-refractivity contribution in [3.63, 3.8) is 0 Å². The Morgan fingerprint density at radius 1 is 1.10 bits per heavy atom. The molecule has 0 spiro atoms. The smallest absolute Gasteiger partial charge is 0.243 e. The minimum Gasteiger partial charge on any atom is -0.381 e. The molecule has 1 aromatic rings. The van der Waals surface area contributed by atoms with Gasteiger partial charge in [-0.3, -0.25) is 0 Å². The van der Waals surface area contributed by atoms with Crippen molar-refractivity contribution in [2.75, 3.05) is 33.4 Å². The number of halogens is 1. The fourth-order valence-electron chi connectivity index (χ4n) is 2.45. The van der Waals surface area contributed by atoms with Crippen LogP contribution >= 0.6 is 24.0 Å². The van der Waals surface area contributed by atoms with E-state index in [-0.39, 0.29) is 30.0 Å². The summed E-state index contributed by atoms with van der Waals surface area (Å²) in [5, 5.41) is 6.52. The molecule has 0 bridgehead atoms. The highest BCUT2D eigenvalue weighted by Gasteiger charge is 2.22. The average Bonchev–Trinajstić information content (AvgIpc) is 2.70. The summed E-state index contributed by atoms with van der Waals surface area (Å²) >= 11 is 0. The molecule has 0 aliphatic rings. The second-order valence-corrected chi connectivity index (χ2v) is 9.20. The molecule has 0 aromatic heterocycles. The number of ether oxygens (including phenoxy) is 1. The number of hydrogen-bond donors (Lipinski definition) is 2. The van der Waals surface area contributed by atoms with Crippen molar-refractivity contribution in [2.45, 2.75) is 64.4 Å². The van der Waals surface area contributed by atoms with E-state index in [4.69, 9.17) is 4.74 Å². The van der Waals surface area contributed by atoms with Crippen molar-refractivity contribution in [1.29, 1.82) is 0 Å². The zero-order chi connectivity index (χ0) is 21.7. The van der Waals surface area contributed by atoms with Crippen molar-refractivity contribution in [1.82, 2.24) is 14.9 Å². The summed E-state index contributed by atoms with van der Waals surface area (Å²) in [6.45, 7) is 11.5. The molecule has 0 fully saturated rings. The van der Waals surface area contributed by atoms with E-state index in [0.717, 1.165) is 57.1 Å². The van der Waals surface area contributed by atoms with Crippen LogP contribution in [0.3, 0.4) is 0 Å². The van der Waals surface area contributed by atoms with Gasteiger partial charge in [0.25, 0.3) is 0 Å². The summed E-state index contributed by atoms with van der Waals surface area (Å²) in [5.41, 5.74) is 0.955. The van der Waals surface area contributed by atoms with Crippen LogP contribution in [0.1, 0.15) is 52.5 Å². The fourth-order valence-corrected chi connectivity index (χ4v) is 3.82. The Hall–Kier alpha value is -0.910. The van der Waals surface area contributed by atoms with Crippen LogP contribution in [0, 0.1) is 0 Å². The van der Waals surface area contributed by atoms with Crippen LogP contribution < -0.4 is 10.6 Å². The number of aliphatic imine (C=N–C) groups is 1. The summed E-state index contributed by atoms with van der Waals surface area (Å²) in [4.78, 5) is 4.88. The quantitative estimate of drug-likeness (QED) is 0.169. The van der Waals surface area contributed by atoms with Gasteiger partial charge in [-0.25, -0.2) is 13.4 Å². The number of nitrogens with one attached hydrogen (secondary N) is 2. The molecule has 0 saturated heterocycles. The van der Waals surface area contributed by atoms with E-state index in [2.05, 4.69) is 22.5 Å². The SMILES string of the molecule is CCCCOCCCNC(=NCc1ccc(S(=O)(=O)N(C)C(C)C)cc1)NCC.I. The van der Waals surface area contributed by atoms with Crippen LogP contribution in [0.2, 0.25) is 0 Å². The molecule has 174 valence electrons. The van der Waals surface area contributed by atoms with Gasteiger partial charge in [0.05, 0.1) is 11.4 Å². The van der Waals surface area contributed by atoms with Gasteiger partial charge in [0.15, 0.2) is 5.96 Å². The van der Waals surface area contributed by atoms with Crippen LogP contribution in [0.5, 0.6) is 0 Å². The number of nitrogens with zero attached hydrogens (tertiary/aromatic N) is 2. The van der Waals surface area contributed by atoms with E-state index >= 15 is 0 Å². The van der Waals surface area contributed by atoms with Crippen molar-refractivity contribution in [2.24, 2.45) is 4.99 Å². The second-order valence-electron chi connectivity index (χ2n) is 7.20. The van der Waals surface area contributed by atoms with E-state index in [0.29, 0.717) is 11.4 Å². The van der Waals surface area contributed by atoms with Crippen molar-refractivity contribution in [3.8, 4) is 0 Å². The fraction of sp³-hybridized carbons (Fsp3) is 0.667. The van der Waals surface area contributed by atoms with Crippen molar-refractivity contribution in [3.05, 3.63) is 29.8 Å². The molecule has 0 heterocycles. The summed E-state index contributed by atoms with van der Waals surface area (Å²) in [6, 6.07) is 6.83. The third-order valence-electron chi connectivity index (χ3n) is 4.49. The third kappa shape index (κ3) is 10.4. The number of benzene rings is 1. The Balaban J connectivity index is 0.00000841. The maximum absolute atomic E-state index is 12.5. The third-order valence-corrected chi connectivity index (χ3v) is 6.54. The van der Waals surface area contributed by atoms with Gasteiger partial charge in [-0.2, -0.15) is 4.31 Å². The summed E-state index contributed by atoms with van der Waals surface area (Å²) in [7, 11) is -1.86. The topological polar surface area (TPSA) is 83.0 Å². The molecular weight excluding hydrogens is 515 g/mol. The number of hydrogen-bond acceptors (Lipinski definition) is 4. The molecular formula is C21H39IN4O3S. The van der Waals surface area contributed by atoms with Gasteiger partial charge in [0.2, 0.25) is 10.0 Å². The van der Waals surface area contributed by atoms with E-state index < -0.39 is 10.0 Å². The average molecular weight is 555 g/mol. The van der Waals surface area contributed by atoms with Gasteiger partial charge >= 0.3 is 0 Å². The standard InChI is InChI=1S/C21H38N4O3S.HI/c1-6-8-15-28-16-9-14-23-21(22-7-2)24-17-19-10-12-20(13-11-19)29(26,27)25(5)18(3)4;/h10-13,18H,6-9,14-17H2,1-5H3,(H2,22,23,24);1H. The van der Waals surface area contributed by atoms with E-state index in [9.17, 15) is 8.42 Å². The normalized spacial score (nSPS) is 12.2. The molecule has 9 heteroatoms. The van der Waals surface area contributed by atoms with Gasteiger partial charge in [0, 0.05) is 39.4 Å². The predicted octanol–water partition coefficient (Wildman–Crippen LogP) is 3.60. The molecule has 1 aromatic carbocycles. The molecule has 7 nitrogen and oxygen atoms in total. The first-order valence-corrected chi connectivity index (χ1v) is 11.9. The lowest BCUT2D eigenvalue weighted by molar-refractivity contribution is 0.129. The minimum absolute atomic E-state index is 0. The largest absolute Gasteiger partial charge is 0.381 e. The summed E-state index contributed by atoms with van der Waals surface area (Å²) < 4.78 is 32.0. The van der Waals surface area contributed by atoms with E-state index in [1.807, 2.05) is 32.9 Å². The first-order valence-electron chi connectivity index (χ1n) is 10.5. The summed E-state index contributed by atoms with van der Waals surface area (Å²) in [5.74, 6) is 0.747. The van der Waals surface area contributed by atoms with Crippen LogP contribution in [-0.4, -0.2) is 58.1 Å². The molecule has 30 heavy (non-hydrogen) atoms. The number of sulfonamides is 1. The molecule has 1 rings (SSSR count). The zero-order valence-electron chi connectivity index (χ0n) is 19.0. The Kier molecular flexibility index (Phi) is 15.3. The monoisotopic (exact) mass is 554 g/mol. The van der Waals surface area contributed by atoms with E-state index in [1.54, 1.807) is 19.2 Å². The van der Waals surface area contributed by atoms with Gasteiger partial charge < -0.3 is 15.4 Å². The number of unbranched alkanes of at least 4 members (excludes halogenated alkanes) is 1. The Morgan fingerprint density at radius 2 is 1.73 bits per heavy atom.